The molecule has 18 heteroatoms. The molecule has 0 saturated carbocycles. The van der Waals surface area contributed by atoms with Gasteiger partial charge < -0.3 is 20.7 Å². The van der Waals surface area contributed by atoms with E-state index in [0.29, 0.717) is 28.3 Å². The maximum atomic E-state index is 13.6. The molecule has 0 aliphatic rings. The summed E-state index contributed by atoms with van der Waals surface area (Å²) in [7, 11) is -4.17. The number of aromatic nitrogens is 1. The van der Waals surface area contributed by atoms with Crippen LogP contribution in [0.4, 0.5) is 36.8 Å². The first kappa shape index (κ1) is 40.2. The third-order valence-corrected chi connectivity index (χ3v) is 8.15. The van der Waals surface area contributed by atoms with E-state index in [1.165, 1.54) is 18.2 Å². The quantitative estimate of drug-likeness (QED) is 0.176. The normalized spacial score (nSPS) is 14.4. The van der Waals surface area contributed by atoms with Crippen molar-refractivity contribution in [1.29, 1.82) is 0 Å². The summed E-state index contributed by atoms with van der Waals surface area (Å²) in [5.74, 6) is -1.16. The van der Waals surface area contributed by atoms with Gasteiger partial charge in [0.2, 0.25) is 0 Å². The van der Waals surface area contributed by atoms with Crippen molar-refractivity contribution in [1.82, 2.24) is 15.6 Å². The molecule has 266 valence electrons. The first-order valence-corrected chi connectivity index (χ1v) is 17.1. The zero-order chi connectivity index (χ0) is 36.2. The first-order valence-electron chi connectivity index (χ1n) is 14.2. The van der Waals surface area contributed by atoms with Gasteiger partial charge >= 0.3 is 18.4 Å². The molecule has 3 N–H and O–H groups in total. The number of pyridine rings is 1. The number of carbonyl (C=O) groups excluding carboxylic acids is 2. The van der Waals surface area contributed by atoms with Gasteiger partial charge in [-0.3, -0.25) is 8.98 Å². The molecule has 2 aromatic rings. The molecular formula is C29H40F6N4O6S2. The Morgan fingerprint density at radius 2 is 1.62 bits per heavy atom. The highest BCUT2D eigenvalue weighted by Crippen LogP contribution is 2.35. The second-order valence-corrected chi connectivity index (χ2v) is 15.7. The molecular weight excluding hydrogens is 678 g/mol. The zero-order valence-electron chi connectivity index (χ0n) is 27.2. The maximum absolute atomic E-state index is 13.6. The van der Waals surface area contributed by atoms with Gasteiger partial charge in [-0.25, -0.2) is 9.78 Å². The average molecular weight is 719 g/mol. The van der Waals surface area contributed by atoms with E-state index in [0.717, 1.165) is 0 Å². The number of aryl methyl sites for hydroxylation is 1. The zero-order valence-corrected chi connectivity index (χ0v) is 28.8. The summed E-state index contributed by atoms with van der Waals surface area (Å²) in [4.78, 5) is 30.2. The lowest BCUT2D eigenvalue weighted by atomic mass is 9.84. The van der Waals surface area contributed by atoms with Crippen molar-refractivity contribution in [3.63, 3.8) is 0 Å². The third-order valence-electron chi connectivity index (χ3n) is 6.18. The van der Waals surface area contributed by atoms with Gasteiger partial charge in [-0.2, -0.15) is 34.8 Å². The van der Waals surface area contributed by atoms with Crippen LogP contribution in [0.3, 0.4) is 0 Å². The smallest absolute Gasteiger partial charge is 0.407 e. The summed E-state index contributed by atoms with van der Waals surface area (Å²) in [6.07, 6.45) is -9.64. The summed E-state index contributed by atoms with van der Waals surface area (Å²) >= 11 is 0.272. The van der Waals surface area contributed by atoms with Crippen molar-refractivity contribution in [2.24, 2.45) is 0 Å². The number of benzene rings is 1. The molecule has 1 aromatic heterocycles. The van der Waals surface area contributed by atoms with E-state index in [1.54, 1.807) is 27.7 Å². The molecule has 2 amide bonds. The van der Waals surface area contributed by atoms with Crippen LogP contribution in [0.25, 0.3) is 10.9 Å². The number of rotatable bonds is 12. The molecule has 0 saturated heterocycles. The van der Waals surface area contributed by atoms with E-state index in [2.05, 4.69) is 25.1 Å². The number of alkyl halides is 6. The van der Waals surface area contributed by atoms with Crippen LogP contribution < -0.4 is 16.0 Å². The van der Waals surface area contributed by atoms with Crippen molar-refractivity contribution in [3.8, 4) is 0 Å². The Bertz CT molecular complexity index is 1540. The molecule has 0 aliphatic heterocycles. The molecule has 2 rings (SSSR count). The molecule has 0 spiro atoms. The minimum atomic E-state index is -4.85. The summed E-state index contributed by atoms with van der Waals surface area (Å²) < 4.78 is 112. The van der Waals surface area contributed by atoms with Crippen LogP contribution in [0, 0.1) is 6.92 Å². The van der Waals surface area contributed by atoms with Gasteiger partial charge in [0, 0.05) is 23.4 Å². The largest absolute Gasteiger partial charge is 0.444 e. The van der Waals surface area contributed by atoms with Crippen molar-refractivity contribution >= 4 is 50.5 Å². The molecule has 1 aromatic carbocycles. The van der Waals surface area contributed by atoms with E-state index in [9.17, 15) is 44.3 Å². The number of hydrogen-bond acceptors (Lipinski definition) is 9. The Morgan fingerprint density at radius 1 is 1.00 bits per heavy atom. The molecule has 47 heavy (non-hydrogen) atoms. The van der Waals surface area contributed by atoms with Crippen LogP contribution in [-0.2, 0) is 24.5 Å². The van der Waals surface area contributed by atoms with Gasteiger partial charge in [-0.05, 0) is 62.4 Å². The summed E-state index contributed by atoms with van der Waals surface area (Å²) in [6.45, 7) is 9.08. The summed E-state index contributed by atoms with van der Waals surface area (Å²) in [6, 6.07) is 3.34. The van der Waals surface area contributed by atoms with Crippen LogP contribution in [0.2, 0.25) is 0 Å². The first-order chi connectivity index (χ1) is 21.1. The number of nitrogens with zero attached hydrogens (tertiary/aromatic N) is 1. The molecule has 10 nitrogen and oxygen atoms in total. The monoisotopic (exact) mass is 718 g/mol. The van der Waals surface area contributed by atoms with Crippen molar-refractivity contribution < 1.29 is 53.3 Å². The van der Waals surface area contributed by atoms with Crippen LogP contribution in [-0.4, -0.2) is 86.4 Å². The fourth-order valence-corrected chi connectivity index (χ4v) is 5.56. The number of fused-ring (bicyclic) bond motifs is 1. The lowest BCUT2D eigenvalue weighted by Gasteiger charge is -2.26. The molecule has 0 fully saturated rings. The molecule has 1 unspecified atom stereocenters. The fraction of sp³-hybridized carbons (Fsp3) is 0.621. The number of alkyl carbamates (subject to hydrolysis) is 1. The molecule has 0 radical (unpaired) electrons. The number of amides is 2. The Kier molecular flexibility index (Phi) is 12.9. The number of halogens is 6. The second-order valence-electron chi connectivity index (χ2n) is 12.9. The Morgan fingerprint density at radius 3 is 2.13 bits per heavy atom. The van der Waals surface area contributed by atoms with Crippen molar-refractivity contribution in [2.45, 2.75) is 83.1 Å². The number of thioether (sulfide) groups is 1. The Labute approximate surface area is 274 Å². The van der Waals surface area contributed by atoms with Crippen LogP contribution >= 0.6 is 11.8 Å². The number of anilines is 1. The Hall–Kier alpha value is -2.99. The minimum Gasteiger partial charge on any atom is -0.444 e. The molecule has 1 heterocycles. The number of nitrogens with one attached hydrogen (secondary N) is 3. The van der Waals surface area contributed by atoms with E-state index < -0.39 is 75.7 Å². The van der Waals surface area contributed by atoms with Crippen molar-refractivity contribution in [3.05, 3.63) is 35.0 Å². The SMILES string of the molecule is Cc1cc(C(=O)NC[C@H](CSC(COS(C)(=O)=O)C(F)(F)F)NC(=O)OC(C)(C)C)nc2c(C(C)(C)C)cc(NCC(F)(F)F)cc12. The van der Waals surface area contributed by atoms with Crippen LogP contribution in [0.15, 0.2) is 18.2 Å². The van der Waals surface area contributed by atoms with Gasteiger partial charge in [0.1, 0.15) is 23.1 Å². The van der Waals surface area contributed by atoms with E-state index >= 15 is 0 Å². The van der Waals surface area contributed by atoms with Crippen LogP contribution in [0.5, 0.6) is 0 Å². The highest BCUT2D eigenvalue weighted by Gasteiger charge is 2.41. The Balaban J connectivity index is 2.37. The second kappa shape index (κ2) is 15.1. The number of carbonyl (C=O) groups is 2. The lowest BCUT2D eigenvalue weighted by Crippen LogP contribution is -2.47. The number of ether oxygens (including phenoxy) is 1. The molecule has 0 bridgehead atoms. The van der Waals surface area contributed by atoms with E-state index in [1.807, 2.05) is 20.8 Å². The summed E-state index contributed by atoms with van der Waals surface area (Å²) in [5, 5.41) is 5.59. The maximum Gasteiger partial charge on any atom is 0.407 e. The van der Waals surface area contributed by atoms with E-state index in [4.69, 9.17) is 4.74 Å². The molecule has 0 aliphatic carbocycles. The highest BCUT2D eigenvalue weighted by molar-refractivity contribution is 8.00. The van der Waals surface area contributed by atoms with Gasteiger partial charge in [0.15, 0.2) is 0 Å². The van der Waals surface area contributed by atoms with Gasteiger partial charge in [-0.15, -0.1) is 11.8 Å². The topological polar surface area (TPSA) is 136 Å². The predicted molar refractivity (Wildman–Crippen MR) is 168 cm³/mol. The third kappa shape index (κ3) is 13.9. The number of hydrogen-bond donors (Lipinski definition) is 3. The highest BCUT2D eigenvalue weighted by atomic mass is 32.2. The summed E-state index contributed by atoms with van der Waals surface area (Å²) in [5.41, 5.74) is 0.0648. The van der Waals surface area contributed by atoms with E-state index in [-0.39, 0.29) is 29.7 Å². The molecule has 2 atom stereocenters. The standard InChI is InChI=1S/C29H40F6N4O6S2/c1-16-9-21(39-23-19(16)10-17(37-15-28(30,31)32)11-20(23)26(2,3)4)24(40)36-12-18(38-25(41)45-27(5,6)7)14-46-22(29(33,34)35)13-44-47(8,42)43/h9-11,18,22,37H,12-15H2,1-8H3,(H,36,40)(H,38,41)/t18-,22?/m1/s1. The van der Waals surface area contributed by atoms with Gasteiger partial charge in [0.25, 0.3) is 16.0 Å². The predicted octanol–water partition coefficient (Wildman–Crippen LogP) is 6.08. The fourth-order valence-electron chi connectivity index (χ4n) is 4.07. The minimum absolute atomic E-state index is 0.0742. The van der Waals surface area contributed by atoms with Gasteiger partial charge in [-0.1, -0.05) is 20.8 Å². The average Bonchev–Trinajstić information content (AvgIpc) is 2.86. The van der Waals surface area contributed by atoms with Crippen molar-refractivity contribution in [2.75, 3.05) is 37.0 Å². The van der Waals surface area contributed by atoms with Gasteiger partial charge in [0.05, 0.1) is 24.4 Å². The lowest BCUT2D eigenvalue weighted by molar-refractivity contribution is -0.133. The van der Waals surface area contributed by atoms with Crippen LogP contribution in [0.1, 0.15) is 63.2 Å².